The van der Waals surface area contributed by atoms with E-state index < -0.39 is 4.92 Å². The smallest absolute Gasteiger partial charge is 0.270 e. The molecule has 1 heterocycles. The first-order valence-electron chi connectivity index (χ1n) is 7.82. The van der Waals surface area contributed by atoms with Crippen LogP contribution in [0.3, 0.4) is 0 Å². The third-order valence-corrected chi connectivity index (χ3v) is 4.56. The number of anilines is 1. The summed E-state index contributed by atoms with van der Waals surface area (Å²) in [6.07, 6.45) is 1.58. The summed E-state index contributed by atoms with van der Waals surface area (Å²) in [5.74, 6) is 0.742. The average Bonchev–Trinajstić information content (AvgIpc) is 3.19. The zero-order valence-corrected chi connectivity index (χ0v) is 15.1. The van der Waals surface area contributed by atoms with Crippen molar-refractivity contribution in [3.05, 3.63) is 75.2 Å². The van der Waals surface area contributed by atoms with E-state index in [0.717, 1.165) is 11.4 Å². The van der Waals surface area contributed by atoms with Crippen LogP contribution < -0.4 is 10.1 Å². The van der Waals surface area contributed by atoms with Gasteiger partial charge in [0.25, 0.3) is 5.69 Å². The summed E-state index contributed by atoms with van der Waals surface area (Å²) in [4.78, 5) is 14.9. The van der Waals surface area contributed by atoms with Gasteiger partial charge in [-0.25, -0.2) is 4.98 Å². The zero-order valence-electron chi connectivity index (χ0n) is 14.2. The van der Waals surface area contributed by atoms with Gasteiger partial charge in [-0.15, -0.1) is 11.3 Å². The van der Waals surface area contributed by atoms with Crippen LogP contribution in [0.25, 0.3) is 16.8 Å². The van der Waals surface area contributed by atoms with Crippen molar-refractivity contribution in [2.75, 3.05) is 12.4 Å². The van der Waals surface area contributed by atoms with Crippen molar-refractivity contribution < 1.29 is 9.66 Å². The van der Waals surface area contributed by atoms with E-state index in [-0.39, 0.29) is 5.69 Å². The molecule has 0 saturated heterocycles. The predicted octanol–water partition coefficient (Wildman–Crippen LogP) is 4.70. The van der Waals surface area contributed by atoms with E-state index in [4.69, 9.17) is 4.74 Å². The number of allylic oxidation sites excluding steroid dienone is 1. The fourth-order valence-electron chi connectivity index (χ4n) is 2.29. The molecule has 0 aliphatic rings. The number of hydrogen-bond acceptors (Lipinski definition) is 7. The summed E-state index contributed by atoms with van der Waals surface area (Å²) in [5.41, 5.74) is 2.39. The number of methoxy groups -OCH3 is 1. The zero-order chi connectivity index (χ0) is 19.2. The first-order valence-corrected chi connectivity index (χ1v) is 8.70. The van der Waals surface area contributed by atoms with E-state index in [0.29, 0.717) is 21.8 Å². The highest BCUT2D eigenvalue weighted by Gasteiger charge is 2.12. The second-order valence-electron chi connectivity index (χ2n) is 5.39. The molecule has 0 radical (unpaired) electrons. The Morgan fingerprint density at radius 1 is 1.33 bits per heavy atom. The Morgan fingerprint density at radius 3 is 2.78 bits per heavy atom. The molecule has 134 valence electrons. The molecular weight excluding hydrogens is 364 g/mol. The van der Waals surface area contributed by atoms with Crippen LogP contribution in [0.5, 0.6) is 5.75 Å². The topological polar surface area (TPSA) is 101 Å². The van der Waals surface area contributed by atoms with Crippen molar-refractivity contribution in [1.82, 2.24) is 4.98 Å². The van der Waals surface area contributed by atoms with Gasteiger partial charge in [0.05, 0.1) is 17.7 Å². The van der Waals surface area contributed by atoms with Crippen molar-refractivity contribution in [3.63, 3.8) is 0 Å². The van der Waals surface area contributed by atoms with Crippen LogP contribution in [0.1, 0.15) is 5.01 Å². The Kier molecular flexibility index (Phi) is 5.44. The lowest BCUT2D eigenvalue weighted by Gasteiger charge is -2.03. The Bertz CT molecular complexity index is 1040. The molecule has 2 aromatic carbocycles. The molecule has 0 atom stereocenters. The molecule has 1 aromatic heterocycles. The predicted molar refractivity (Wildman–Crippen MR) is 104 cm³/mol. The van der Waals surface area contributed by atoms with Gasteiger partial charge in [-0.1, -0.05) is 12.1 Å². The quantitative estimate of drug-likeness (QED) is 0.379. The highest BCUT2D eigenvalue weighted by atomic mass is 32.1. The number of hydrogen-bond donors (Lipinski definition) is 1. The van der Waals surface area contributed by atoms with Crippen LogP contribution in [0.15, 0.2) is 60.1 Å². The van der Waals surface area contributed by atoms with Crippen LogP contribution in [-0.4, -0.2) is 17.0 Å². The number of nitro benzene ring substituents is 1. The largest absolute Gasteiger partial charge is 0.497 e. The second-order valence-corrected chi connectivity index (χ2v) is 6.25. The fraction of sp³-hybridized carbons (Fsp3) is 0.0526. The Hall–Kier alpha value is -3.70. The second kappa shape index (κ2) is 8.12. The van der Waals surface area contributed by atoms with E-state index in [2.05, 4.69) is 16.4 Å². The number of aromatic nitrogens is 1. The standard InChI is InChI=1S/C19H14N4O3S/c1-26-17-7-5-15(6-8-17)21-11-14(10-20)19-22-18(12-27-19)13-3-2-4-16(9-13)23(24)25/h2-9,11-12,21H,1H3/b14-11-. The number of benzene rings is 2. The number of nitrogens with one attached hydrogen (secondary N) is 1. The number of nitrogens with zero attached hydrogens (tertiary/aromatic N) is 3. The summed E-state index contributed by atoms with van der Waals surface area (Å²) in [6.45, 7) is 0. The van der Waals surface area contributed by atoms with Gasteiger partial charge < -0.3 is 10.1 Å². The molecule has 0 aliphatic heterocycles. The third-order valence-electron chi connectivity index (χ3n) is 3.68. The molecule has 3 aromatic rings. The van der Waals surface area contributed by atoms with Crippen LogP contribution in [0.4, 0.5) is 11.4 Å². The number of nitriles is 1. The van der Waals surface area contributed by atoms with Gasteiger partial charge >= 0.3 is 0 Å². The maximum atomic E-state index is 10.9. The molecule has 1 N–H and O–H groups in total. The molecule has 7 nitrogen and oxygen atoms in total. The normalized spacial score (nSPS) is 10.9. The van der Waals surface area contributed by atoms with E-state index >= 15 is 0 Å². The molecule has 8 heteroatoms. The number of rotatable bonds is 6. The Morgan fingerprint density at radius 2 is 2.11 bits per heavy atom. The molecule has 27 heavy (non-hydrogen) atoms. The monoisotopic (exact) mass is 378 g/mol. The van der Waals surface area contributed by atoms with Crippen molar-refractivity contribution in [3.8, 4) is 23.1 Å². The van der Waals surface area contributed by atoms with Crippen LogP contribution in [0, 0.1) is 21.4 Å². The van der Waals surface area contributed by atoms with Gasteiger partial charge in [-0.3, -0.25) is 10.1 Å². The van der Waals surface area contributed by atoms with Gasteiger partial charge in [-0.2, -0.15) is 5.26 Å². The first kappa shape index (κ1) is 18.1. The SMILES string of the molecule is COc1ccc(N/C=C(/C#N)c2nc(-c3cccc([N+](=O)[O-])c3)cs2)cc1. The van der Waals surface area contributed by atoms with Gasteiger partial charge in [0.1, 0.15) is 22.4 Å². The summed E-state index contributed by atoms with van der Waals surface area (Å²) in [6, 6.07) is 15.7. The maximum absolute atomic E-state index is 10.9. The van der Waals surface area contributed by atoms with Gasteiger partial charge in [0.15, 0.2) is 0 Å². The summed E-state index contributed by atoms with van der Waals surface area (Å²) < 4.78 is 5.11. The van der Waals surface area contributed by atoms with Crippen molar-refractivity contribution in [1.29, 1.82) is 5.26 Å². The fourth-order valence-corrected chi connectivity index (χ4v) is 3.09. The number of ether oxygens (including phenoxy) is 1. The summed E-state index contributed by atoms with van der Waals surface area (Å²) in [7, 11) is 1.59. The van der Waals surface area contributed by atoms with E-state index in [9.17, 15) is 15.4 Å². The average molecular weight is 378 g/mol. The Labute approximate surface area is 159 Å². The third kappa shape index (κ3) is 4.29. The molecule has 0 unspecified atom stereocenters. The minimum atomic E-state index is -0.448. The maximum Gasteiger partial charge on any atom is 0.270 e. The Balaban J connectivity index is 1.81. The number of non-ortho nitro benzene ring substituents is 1. The van der Waals surface area contributed by atoms with Gasteiger partial charge in [0.2, 0.25) is 0 Å². The van der Waals surface area contributed by atoms with E-state index in [1.165, 1.54) is 23.5 Å². The molecule has 0 saturated carbocycles. The summed E-state index contributed by atoms with van der Waals surface area (Å²) >= 11 is 1.30. The van der Waals surface area contributed by atoms with Crippen LogP contribution in [-0.2, 0) is 0 Å². The highest BCUT2D eigenvalue weighted by Crippen LogP contribution is 2.28. The van der Waals surface area contributed by atoms with Gasteiger partial charge in [0, 0.05) is 35.0 Å². The molecule has 0 spiro atoms. The molecule has 0 bridgehead atoms. The van der Waals surface area contributed by atoms with Crippen LogP contribution in [0.2, 0.25) is 0 Å². The van der Waals surface area contributed by atoms with Crippen molar-refractivity contribution >= 4 is 28.3 Å². The minimum absolute atomic E-state index is 0.000675. The van der Waals surface area contributed by atoms with Crippen molar-refractivity contribution in [2.24, 2.45) is 0 Å². The lowest BCUT2D eigenvalue weighted by atomic mass is 10.1. The van der Waals surface area contributed by atoms with Crippen molar-refractivity contribution in [2.45, 2.75) is 0 Å². The summed E-state index contributed by atoms with van der Waals surface area (Å²) in [5, 5.41) is 25.7. The minimum Gasteiger partial charge on any atom is -0.497 e. The molecule has 0 amide bonds. The van der Waals surface area contributed by atoms with E-state index in [1.807, 2.05) is 24.3 Å². The lowest BCUT2D eigenvalue weighted by Crippen LogP contribution is -1.92. The molecule has 0 aliphatic carbocycles. The molecular formula is C19H14N4O3S. The molecule has 3 rings (SSSR count). The lowest BCUT2D eigenvalue weighted by molar-refractivity contribution is -0.384. The number of thiazole rings is 1. The van der Waals surface area contributed by atoms with Gasteiger partial charge in [-0.05, 0) is 24.3 Å². The first-order chi connectivity index (χ1) is 13.1. The highest BCUT2D eigenvalue weighted by molar-refractivity contribution is 7.11. The van der Waals surface area contributed by atoms with E-state index in [1.54, 1.807) is 30.8 Å². The molecule has 0 fully saturated rings. The number of nitro groups is 1. The van der Waals surface area contributed by atoms with Crippen LogP contribution >= 0.6 is 11.3 Å².